The predicted molar refractivity (Wildman–Crippen MR) is 107 cm³/mol. The Bertz CT molecular complexity index is 713. The predicted octanol–water partition coefficient (Wildman–Crippen LogP) is 3.28. The first-order valence-electron chi connectivity index (χ1n) is 8.76. The molecule has 0 saturated carbocycles. The molecule has 1 amide bonds. The number of hydrogen-bond acceptors (Lipinski definition) is 6. The number of benzene rings is 1. The largest absolute Gasteiger partial charge is 0.379 e. The number of ether oxygens (including phenoxy) is 1. The average Bonchev–Trinajstić information content (AvgIpc) is 3.19. The fourth-order valence-electron chi connectivity index (χ4n) is 2.91. The highest BCUT2D eigenvalue weighted by Crippen LogP contribution is 2.26. The molecule has 1 aromatic heterocycles. The lowest BCUT2D eigenvalue weighted by molar-refractivity contribution is -0.00924. The summed E-state index contributed by atoms with van der Waals surface area (Å²) < 4.78 is 5.43. The SMILES string of the molecule is CC(C)(CNC(=O)c1ccccc1SCc1cscn1)N1CCOCC1. The van der Waals surface area contributed by atoms with Crippen LogP contribution in [-0.2, 0) is 10.5 Å². The van der Waals surface area contributed by atoms with Crippen molar-refractivity contribution in [3.05, 3.63) is 46.4 Å². The van der Waals surface area contributed by atoms with Crippen molar-refractivity contribution in [2.75, 3.05) is 32.8 Å². The second-order valence-corrected chi connectivity index (χ2v) is 8.60. The lowest BCUT2D eigenvalue weighted by atomic mass is 10.0. The van der Waals surface area contributed by atoms with E-state index in [9.17, 15) is 4.79 Å². The molecule has 0 spiro atoms. The van der Waals surface area contributed by atoms with Gasteiger partial charge in [-0.2, -0.15) is 0 Å². The summed E-state index contributed by atoms with van der Waals surface area (Å²) in [5, 5.41) is 5.16. The van der Waals surface area contributed by atoms with Crippen LogP contribution < -0.4 is 5.32 Å². The molecule has 2 aromatic rings. The van der Waals surface area contributed by atoms with E-state index in [0.717, 1.165) is 48.2 Å². The molecule has 1 fully saturated rings. The van der Waals surface area contributed by atoms with Crippen LogP contribution in [-0.4, -0.2) is 54.2 Å². The number of thiazole rings is 1. The molecule has 0 unspecified atom stereocenters. The van der Waals surface area contributed by atoms with E-state index in [-0.39, 0.29) is 11.4 Å². The van der Waals surface area contributed by atoms with Crippen LogP contribution in [0.25, 0.3) is 0 Å². The minimum Gasteiger partial charge on any atom is -0.379 e. The monoisotopic (exact) mass is 391 g/mol. The molecule has 0 radical (unpaired) electrons. The van der Waals surface area contributed by atoms with Crippen LogP contribution in [0.1, 0.15) is 29.9 Å². The number of carbonyl (C=O) groups excluding carboxylic acids is 1. The zero-order chi connectivity index (χ0) is 18.4. The first kappa shape index (κ1) is 19.4. The van der Waals surface area contributed by atoms with Crippen LogP contribution in [0.15, 0.2) is 40.1 Å². The Morgan fingerprint density at radius 2 is 2.12 bits per heavy atom. The fraction of sp³-hybridized carbons (Fsp3) is 0.474. The van der Waals surface area contributed by atoms with Gasteiger partial charge in [0.2, 0.25) is 0 Å². The molecule has 140 valence electrons. The average molecular weight is 392 g/mol. The normalized spacial score (nSPS) is 15.8. The van der Waals surface area contributed by atoms with Gasteiger partial charge in [0.25, 0.3) is 5.91 Å². The molecular weight excluding hydrogens is 366 g/mol. The third-order valence-electron chi connectivity index (χ3n) is 4.54. The number of thioether (sulfide) groups is 1. The molecule has 3 rings (SSSR count). The molecule has 0 atom stereocenters. The second kappa shape index (κ2) is 8.99. The minimum absolute atomic E-state index is 0.0206. The third kappa shape index (κ3) is 5.07. The molecule has 1 aromatic carbocycles. The summed E-state index contributed by atoms with van der Waals surface area (Å²) >= 11 is 3.24. The molecule has 5 nitrogen and oxygen atoms in total. The lowest BCUT2D eigenvalue weighted by Crippen LogP contribution is -2.55. The molecule has 0 bridgehead atoms. The highest BCUT2D eigenvalue weighted by Gasteiger charge is 2.28. The van der Waals surface area contributed by atoms with E-state index in [1.165, 1.54) is 0 Å². The number of rotatable bonds is 7. The van der Waals surface area contributed by atoms with E-state index in [0.29, 0.717) is 6.54 Å². The summed E-state index contributed by atoms with van der Waals surface area (Å²) in [5.41, 5.74) is 3.51. The number of hydrogen-bond donors (Lipinski definition) is 1. The van der Waals surface area contributed by atoms with E-state index in [2.05, 4.69) is 29.0 Å². The van der Waals surface area contributed by atoms with E-state index < -0.39 is 0 Å². The van der Waals surface area contributed by atoms with Gasteiger partial charge in [-0.15, -0.1) is 23.1 Å². The van der Waals surface area contributed by atoms with E-state index in [1.807, 2.05) is 35.2 Å². The van der Waals surface area contributed by atoms with Gasteiger partial charge >= 0.3 is 0 Å². The maximum atomic E-state index is 12.8. The first-order valence-corrected chi connectivity index (χ1v) is 10.7. The summed E-state index contributed by atoms with van der Waals surface area (Å²) in [7, 11) is 0. The summed E-state index contributed by atoms with van der Waals surface area (Å²) in [5.74, 6) is 0.750. The van der Waals surface area contributed by atoms with Crippen molar-refractivity contribution in [2.24, 2.45) is 0 Å². The maximum Gasteiger partial charge on any atom is 0.252 e. The number of nitrogens with zero attached hydrogens (tertiary/aromatic N) is 2. The van der Waals surface area contributed by atoms with Crippen molar-refractivity contribution >= 4 is 29.0 Å². The van der Waals surface area contributed by atoms with Crippen LogP contribution in [0.4, 0.5) is 0 Å². The molecule has 26 heavy (non-hydrogen) atoms. The molecular formula is C19H25N3O2S2. The van der Waals surface area contributed by atoms with E-state index in [1.54, 1.807) is 23.1 Å². The van der Waals surface area contributed by atoms with Crippen molar-refractivity contribution in [1.82, 2.24) is 15.2 Å². The molecule has 1 N–H and O–H groups in total. The van der Waals surface area contributed by atoms with Gasteiger partial charge in [-0.05, 0) is 26.0 Å². The van der Waals surface area contributed by atoms with Crippen molar-refractivity contribution in [1.29, 1.82) is 0 Å². The standard InChI is InChI=1S/C19H25N3O2S2/c1-19(2,22-7-9-24-10-8-22)13-20-18(23)16-5-3-4-6-17(16)26-12-15-11-25-14-21-15/h3-6,11,14H,7-10,12-13H2,1-2H3,(H,20,23). The summed E-state index contributed by atoms with van der Waals surface area (Å²) in [6.07, 6.45) is 0. The van der Waals surface area contributed by atoms with Gasteiger partial charge in [0.15, 0.2) is 0 Å². The van der Waals surface area contributed by atoms with Crippen LogP contribution in [0.3, 0.4) is 0 Å². The highest BCUT2D eigenvalue weighted by atomic mass is 32.2. The van der Waals surface area contributed by atoms with E-state index >= 15 is 0 Å². The Morgan fingerprint density at radius 1 is 1.35 bits per heavy atom. The molecule has 2 heterocycles. The summed E-state index contributed by atoms with van der Waals surface area (Å²) in [6, 6.07) is 7.77. The van der Waals surface area contributed by atoms with Gasteiger partial charge in [0.1, 0.15) is 0 Å². The van der Waals surface area contributed by atoms with E-state index in [4.69, 9.17) is 4.74 Å². The third-order valence-corrected chi connectivity index (χ3v) is 6.28. The van der Waals surface area contributed by atoms with Crippen molar-refractivity contribution in [3.8, 4) is 0 Å². The Balaban J connectivity index is 1.60. The fourth-order valence-corrected chi connectivity index (χ4v) is 4.53. The van der Waals surface area contributed by atoms with Gasteiger partial charge in [-0.1, -0.05) is 12.1 Å². The second-order valence-electron chi connectivity index (χ2n) is 6.86. The zero-order valence-corrected chi connectivity index (χ0v) is 16.9. The topological polar surface area (TPSA) is 54.5 Å². The first-order chi connectivity index (χ1) is 12.6. The lowest BCUT2D eigenvalue weighted by Gasteiger charge is -2.40. The van der Waals surface area contributed by atoms with Gasteiger partial charge in [0.05, 0.1) is 30.0 Å². The number of carbonyl (C=O) groups is 1. The summed E-state index contributed by atoms with van der Waals surface area (Å²) in [4.78, 5) is 20.4. The summed E-state index contributed by atoms with van der Waals surface area (Å²) in [6.45, 7) is 8.27. The van der Waals surface area contributed by atoms with Gasteiger partial charge in [-0.3, -0.25) is 9.69 Å². The molecule has 1 saturated heterocycles. The molecule has 1 aliphatic rings. The number of aromatic nitrogens is 1. The maximum absolute atomic E-state index is 12.8. The Kier molecular flexibility index (Phi) is 6.69. The molecule has 7 heteroatoms. The Labute approximate surface area is 163 Å². The molecule has 1 aliphatic heterocycles. The quantitative estimate of drug-likeness (QED) is 0.734. The Hall–Kier alpha value is -1.41. The Morgan fingerprint density at radius 3 is 2.85 bits per heavy atom. The van der Waals surface area contributed by atoms with Crippen molar-refractivity contribution in [3.63, 3.8) is 0 Å². The zero-order valence-electron chi connectivity index (χ0n) is 15.2. The van der Waals surface area contributed by atoms with Crippen LogP contribution in [0.2, 0.25) is 0 Å². The molecule has 0 aliphatic carbocycles. The minimum atomic E-state index is -0.0951. The van der Waals surface area contributed by atoms with Crippen LogP contribution in [0, 0.1) is 0 Å². The van der Waals surface area contributed by atoms with Gasteiger partial charge < -0.3 is 10.1 Å². The van der Waals surface area contributed by atoms with Gasteiger partial charge in [-0.25, -0.2) is 4.98 Å². The number of morpholine rings is 1. The van der Waals surface area contributed by atoms with Gasteiger partial charge in [0, 0.05) is 41.2 Å². The van der Waals surface area contributed by atoms with Crippen molar-refractivity contribution < 1.29 is 9.53 Å². The number of nitrogens with one attached hydrogen (secondary N) is 1. The smallest absolute Gasteiger partial charge is 0.252 e. The van der Waals surface area contributed by atoms with Crippen LogP contribution in [0.5, 0.6) is 0 Å². The number of amides is 1. The highest BCUT2D eigenvalue weighted by molar-refractivity contribution is 7.98. The van der Waals surface area contributed by atoms with Crippen LogP contribution >= 0.6 is 23.1 Å². The van der Waals surface area contributed by atoms with Crippen molar-refractivity contribution in [2.45, 2.75) is 30.0 Å².